The van der Waals surface area contributed by atoms with Crippen molar-refractivity contribution in [2.75, 3.05) is 12.5 Å². The summed E-state index contributed by atoms with van der Waals surface area (Å²) in [6, 6.07) is 6.42. The van der Waals surface area contributed by atoms with Crippen molar-refractivity contribution in [3.05, 3.63) is 64.5 Å². The average Bonchev–Trinajstić information content (AvgIpc) is 2.80. The van der Waals surface area contributed by atoms with Crippen LogP contribution in [0.1, 0.15) is 55.2 Å². The van der Waals surface area contributed by atoms with Crippen LogP contribution in [0.2, 0.25) is 0 Å². The predicted molar refractivity (Wildman–Crippen MR) is 118 cm³/mol. The maximum absolute atomic E-state index is 14.8. The lowest BCUT2D eigenvalue weighted by molar-refractivity contribution is -0.222. The molecule has 2 aromatic rings. The number of ether oxygens (including phenoxy) is 2. The number of esters is 1. The maximum atomic E-state index is 14.8. The van der Waals surface area contributed by atoms with Crippen molar-refractivity contribution in [3.8, 4) is 5.75 Å². The van der Waals surface area contributed by atoms with Gasteiger partial charge in [-0.3, -0.25) is 4.79 Å². The van der Waals surface area contributed by atoms with E-state index >= 15 is 0 Å². The number of hydrogen-bond acceptors (Lipinski definition) is 3. The smallest absolute Gasteiger partial charge is 0.400 e. The summed E-state index contributed by atoms with van der Waals surface area (Å²) in [6.45, 7) is 1.62. The molecular formula is C25H26ClF5O3. The number of aryl methyl sites for hydroxylation is 1. The lowest BCUT2D eigenvalue weighted by Crippen LogP contribution is -2.37. The van der Waals surface area contributed by atoms with Crippen molar-refractivity contribution >= 4 is 17.6 Å². The third-order valence-electron chi connectivity index (χ3n) is 6.21. The van der Waals surface area contributed by atoms with Crippen LogP contribution in [-0.2, 0) is 22.4 Å². The van der Waals surface area contributed by atoms with Gasteiger partial charge in [0, 0.05) is 24.1 Å². The lowest BCUT2D eigenvalue weighted by Gasteiger charge is -2.33. The highest BCUT2D eigenvalue weighted by Gasteiger charge is 2.44. The van der Waals surface area contributed by atoms with Gasteiger partial charge in [-0.25, -0.2) is 13.2 Å². The second-order valence-electron chi connectivity index (χ2n) is 8.39. The molecule has 0 bridgehead atoms. The molecule has 3 nitrogen and oxygen atoms in total. The van der Waals surface area contributed by atoms with Crippen molar-refractivity contribution in [2.45, 2.75) is 57.5 Å². The predicted octanol–water partition coefficient (Wildman–Crippen LogP) is 6.94. The third-order valence-corrected chi connectivity index (χ3v) is 6.43. The van der Waals surface area contributed by atoms with E-state index in [1.807, 2.05) is 13.0 Å². The molecule has 0 aliphatic heterocycles. The summed E-state index contributed by atoms with van der Waals surface area (Å²) >= 11 is 5.27. The van der Waals surface area contributed by atoms with E-state index in [0.29, 0.717) is 37.0 Å². The molecule has 0 aromatic heterocycles. The molecule has 0 unspecified atom stereocenters. The van der Waals surface area contributed by atoms with E-state index in [1.165, 1.54) is 6.07 Å². The maximum Gasteiger partial charge on any atom is 0.400 e. The fourth-order valence-corrected chi connectivity index (χ4v) is 4.36. The number of hydrogen-bond donors (Lipinski definition) is 0. The Labute approximate surface area is 200 Å². The molecule has 0 N–H and O–H groups in total. The molecule has 1 fully saturated rings. The number of benzene rings is 2. The quantitative estimate of drug-likeness (QED) is 0.211. The van der Waals surface area contributed by atoms with Crippen LogP contribution >= 0.6 is 11.6 Å². The third kappa shape index (κ3) is 6.40. The zero-order valence-electron chi connectivity index (χ0n) is 18.7. The van der Waals surface area contributed by atoms with Crippen LogP contribution in [-0.4, -0.2) is 24.6 Å². The molecule has 0 atom stereocenters. The van der Waals surface area contributed by atoms with Gasteiger partial charge in [-0.05, 0) is 55.2 Å². The van der Waals surface area contributed by atoms with Gasteiger partial charge in [-0.2, -0.15) is 8.78 Å². The van der Waals surface area contributed by atoms with Gasteiger partial charge < -0.3 is 9.47 Å². The van der Waals surface area contributed by atoms with E-state index < -0.39 is 46.8 Å². The minimum absolute atomic E-state index is 0.0849. The Morgan fingerprint density at radius 1 is 1.03 bits per heavy atom. The zero-order valence-corrected chi connectivity index (χ0v) is 19.4. The van der Waals surface area contributed by atoms with Gasteiger partial charge in [0.15, 0.2) is 0 Å². The first-order chi connectivity index (χ1) is 16.1. The molecule has 1 saturated carbocycles. The van der Waals surface area contributed by atoms with E-state index in [0.717, 1.165) is 5.56 Å². The Kier molecular flexibility index (Phi) is 8.79. The SMILES string of the molecule is CCc1ccc(C2CCC(C(F)(F)Oc3cc(F)c(CCOC(=O)CCl)c(F)c3)CC2)c(F)c1. The molecular weight excluding hydrogens is 479 g/mol. The highest BCUT2D eigenvalue weighted by Crippen LogP contribution is 2.44. The normalized spacial score (nSPS) is 18.6. The van der Waals surface area contributed by atoms with Crippen LogP contribution in [0.4, 0.5) is 22.0 Å². The van der Waals surface area contributed by atoms with Gasteiger partial charge in [0.2, 0.25) is 0 Å². The van der Waals surface area contributed by atoms with Crippen molar-refractivity contribution in [3.63, 3.8) is 0 Å². The number of carbonyl (C=O) groups is 1. The molecule has 0 heterocycles. The number of halogens is 6. The van der Waals surface area contributed by atoms with Crippen LogP contribution in [0.5, 0.6) is 5.75 Å². The van der Waals surface area contributed by atoms with Gasteiger partial charge in [0.25, 0.3) is 0 Å². The minimum atomic E-state index is -3.65. The summed E-state index contributed by atoms with van der Waals surface area (Å²) < 4.78 is 82.0. The van der Waals surface area contributed by atoms with Crippen molar-refractivity contribution < 1.29 is 36.2 Å². The first kappa shape index (κ1) is 26.3. The van der Waals surface area contributed by atoms with Gasteiger partial charge in [0.05, 0.1) is 12.5 Å². The molecule has 0 saturated heterocycles. The topological polar surface area (TPSA) is 35.5 Å². The standard InChI is InChI=1S/C25H26ClF5O3/c1-2-15-3-8-19(21(27)11-15)16-4-6-17(7-5-16)25(30,31)34-18-12-22(28)20(23(29)13-18)9-10-33-24(32)14-26/h3,8,11-13,16-17H,2,4-7,9-10,14H2,1H3. The van der Waals surface area contributed by atoms with E-state index in [4.69, 9.17) is 16.3 Å². The van der Waals surface area contributed by atoms with E-state index in [9.17, 15) is 26.7 Å². The first-order valence-electron chi connectivity index (χ1n) is 11.2. The second kappa shape index (κ2) is 11.4. The molecule has 9 heteroatoms. The Morgan fingerprint density at radius 3 is 2.24 bits per heavy atom. The van der Waals surface area contributed by atoms with Crippen LogP contribution < -0.4 is 4.74 Å². The fraction of sp³-hybridized carbons (Fsp3) is 0.480. The Morgan fingerprint density at radius 2 is 1.68 bits per heavy atom. The molecule has 2 aromatic carbocycles. The molecule has 186 valence electrons. The largest absolute Gasteiger partial charge is 0.464 e. The van der Waals surface area contributed by atoms with E-state index in [1.54, 1.807) is 6.07 Å². The molecule has 1 aliphatic carbocycles. The van der Waals surface area contributed by atoms with Crippen molar-refractivity contribution in [1.82, 2.24) is 0 Å². The van der Waals surface area contributed by atoms with Gasteiger partial charge >= 0.3 is 12.1 Å². The molecule has 34 heavy (non-hydrogen) atoms. The van der Waals surface area contributed by atoms with Crippen molar-refractivity contribution in [1.29, 1.82) is 0 Å². The monoisotopic (exact) mass is 504 g/mol. The summed E-state index contributed by atoms with van der Waals surface area (Å²) in [5, 5.41) is 0. The van der Waals surface area contributed by atoms with Crippen molar-refractivity contribution in [2.24, 2.45) is 5.92 Å². The Balaban J connectivity index is 1.61. The minimum Gasteiger partial charge on any atom is -0.464 e. The van der Waals surface area contributed by atoms with Gasteiger partial charge in [0.1, 0.15) is 29.1 Å². The van der Waals surface area contributed by atoms with E-state index in [-0.39, 0.29) is 37.6 Å². The Bertz CT molecular complexity index is 983. The number of alkyl halides is 3. The van der Waals surface area contributed by atoms with Gasteiger partial charge in [-0.15, -0.1) is 11.6 Å². The number of rotatable bonds is 9. The summed E-state index contributed by atoms with van der Waals surface area (Å²) in [6.07, 6.45) is -2.34. The highest BCUT2D eigenvalue weighted by molar-refractivity contribution is 6.26. The molecule has 0 radical (unpaired) electrons. The first-order valence-corrected chi connectivity index (χ1v) is 11.7. The number of carbonyl (C=O) groups excluding carboxylic acids is 1. The molecule has 1 aliphatic rings. The van der Waals surface area contributed by atoms with Crippen LogP contribution in [0.15, 0.2) is 30.3 Å². The molecule has 0 spiro atoms. The van der Waals surface area contributed by atoms with Crippen LogP contribution in [0.25, 0.3) is 0 Å². The second-order valence-corrected chi connectivity index (χ2v) is 8.66. The van der Waals surface area contributed by atoms with Gasteiger partial charge in [-0.1, -0.05) is 19.1 Å². The summed E-state index contributed by atoms with van der Waals surface area (Å²) in [4.78, 5) is 11.0. The summed E-state index contributed by atoms with van der Waals surface area (Å²) in [7, 11) is 0. The fourth-order valence-electron chi connectivity index (χ4n) is 4.29. The van der Waals surface area contributed by atoms with Crippen LogP contribution in [0.3, 0.4) is 0 Å². The Hall–Kier alpha value is -2.35. The molecule has 0 amide bonds. The molecule has 3 rings (SSSR count). The summed E-state index contributed by atoms with van der Waals surface area (Å²) in [5.74, 6) is -5.58. The lowest BCUT2D eigenvalue weighted by atomic mass is 9.78. The highest BCUT2D eigenvalue weighted by atomic mass is 35.5. The zero-order chi connectivity index (χ0) is 24.9. The van der Waals surface area contributed by atoms with E-state index in [2.05, 4.69) is 4.74 Å². The summed E-state index contributed by atoms with van der Waals surface area (Å²) in [5.41, 5.74) is 0.989. The average molecular weight is 505 g/mol. The van der Waals surface area contributed by atoms with Crippen LogP contribution in [0, 0.1) is 23.4 Å².